The standard InChI is InChI=1S/C22H25N3O3S/c1-16(2)25(3)29(27,28)19-13-11-18(12-14-19)23-15-22(26)24-21-10-6-8-17-7-4-5-9-20(17)21/h4-14,16,23H,15H2,1-3H3,(H,24,26). The summed E-state index contributed by atoms with van der Waals surface area (Å²) in [5.41, 5.74) is 1.43. The topological polar surface area (TPSA) is 78.5 Å². The molecule has 0 fully saturated rings. The van der Waals surface area contributed by atoms with Crippen LogP contribution in [0.5, 0.6) is 0 Å². The van der Waals surface area contributed by atoms with Crippen molar-refractivity contribution in [2.24, 2.45) is 0 Å². The van der Waals surface area contributed by atoms with Crippen LogP contribution in [0.2, 0.25) is 0 Å². The molecule has 6 nitrogen and oxygen atoms in total. The Bertz CT molecular complexity index is 1100. The number of carbonyl (C=O) groups excluding carboxylic acids is 1. The van der Waals surface area contributed by atoms with E-state index in [0.717, 1.165) is 16.5 Å². The molecule has 3 rings (SSSR count). The fourth-order valence-corrected chi connectivity index (χ4v) is 4.27. The predicted octanol–water partition coefficient (Wildman–Crippen LogP) is 3.92. The van der Waals surface area contributed by atoms with Crippen LogP contribution in [0.1, 0.15) is 13.8 Å². The SMILES string of the molecule is CC(C)N(C)S(=O)(=O)c1ccc(NCC(=O)Nc2cccc3ccccc23)cc1. The van der Waals surface area contributed by atoms with E-state index in [-0.39, 0.29) is 23.4 Å². The summed E-state index contributed by atoms with van der Waals surface area (Å²) in [7, 11) is -1.96. The van der Waals surface area contributed by atoms with E-state index >= 15 is 0 Å². The lowest BCUT2D eigenvalue weighted by Gasteiger charge is -2.21. The molecule has 0 saturated carbocycles. The highest BCUT2D eigenvalue weighted by atomic mass is 32.2. The van der Waals surface area contributed by atoms with Crippen LogP contribution in [-0.2, 0) is 14.8 Å². The van der Waals surface area contributed by atoms with E-state index in [1.165, 1.54) is 4.31 Å². The fourth-order valence-electron chi connectivity index (χ4n) is 2.90. The maximum absolute atomic E-state index is 12.5. The third-order valence-electron chi connectivity index (χ3n) is 4.78. The van der Waals surface area contributed by atoms with Gasteiger partial charge in [-0.2, -0.15) is 4.31 Å². The van der Waals surface area contributed by atoms with Gasteiger partial charge in [0.15, 0.2) is 0 Å². The van der Waals surface area contributed by atoms with Gasteiger partial charge in [0, 0.05) is 29.9 Å². The summed E-state index contributed by atoms with van der Waals surface area (Å²) in [4.78, 5) is 12.6. The van der Waals surface area contributed by atoms with Gasteiger partial charge in [0.2, 0.25) is 15.9 Å². The Hall–Kier alpha value is -2.90. The number of nitrogens with zero attached hydrogens (tertiary/aromatic N) is 1. The number of carbonyl (C=O) groups is 1. The van der Waals surface area contributed by atoms with Crippen molar-refractivity contribution in [3.63, 3.8) is 0 Å². The molecule has 1 amide bonds. The van der Waals surface area contributed by atoms with Crippen molar-refractivity contribution >= 4 is 38.1 Å². The highest BCUT2D eigenvalue weighted by molar-refractivity contribution is 7.89. The Morgan fingerprint density at radius 2 is 1.62 bits per heavy atom. The van der Waals surface area contributed by atoms with Crippen molar-refractivity contribution in [2.45, 2.75) is 24.8 Å². The van der Waals surface area contributed by atoms with Gasteiger partial charge in [-0.15, -0.1) is 0 Å². The molecule has 0 spiro atoms. The van der Waals surface area contributed by atoms with Crippen molar-refractivity contribution in [1.29, 1.82) is 0 Å². The summed E-state index contributed by atoms with van der Waals surface area (Å²) in [6.07, 6.45) is 0. The lowest BCUT2D eigenvalue weighted by Crippen LogP contribution is -2.33. The fraction of sp³-hybridized carbons (Fsp3) is 0.227. The average Bonchev–Trinajstić information content (AvgIpc) is 2.72. The Kier molecular flexibility index (Phi) is 6.20. The number of hydrogen-bond donors (Lipinski definition) is 2. The zero-order valence-electron chi connectivity index (χ0n) is 16.7. The molecule has 0 bridgehead atoms. The average molecular weight is 412 g/mol. The van der Waals surface area contributed by atoms with Gasteiger partial charge < -0.3 is 10.6 Å². The van der Waals surface area contributed by atoms with E-state index in [0.29, 0.717) is 5.69 Å². The minimum Gasteiger partial charge on any atom is -0.376 e. The summed E-state index contributed by atoms with van der Waals surface area (Å²) in [6, 6.07) is 19.9. The monoisotopic (exact) mass is 411 g/mol. The number of nitrogens with one attached hydrogen (secondary N) is 2. The van der Waals surface area contributed by atoms with E-state index in [1.54, 1.807) is 31.3 Å². The normalized spacial score (nSPS) is 11.8. The van der Waals surface area contributed by atoms with Crippen LogP contribution in [0.25, 0.3) is 10.8 Å². The lowest BCUT2D eigenvalue weighted by molar-refractivity contribution is -0.114. The first-order valence-corrected chi connectivity index (χ1v) is 10.8. The highest BCUT2D eigenvalue weighted by Gasteiger charge is 2.22. The molecular weight excluding hydrogens is 386 g/mol. The van der Waals surface area contributed by atoms with Gasteiger partial charge in [0.1, 0.15) is 0 Å². The van der Waals surface area contributed by atoms with Crippen LogP contribution in [0.3, 0.4) is 0 Å². The molecule has 0 unspecified atom stereocenters. The zero-order valence-corrected chi connectivity index (χ0v) is 17.5. The Morgan fingerprint density at radius 3 is 2.31 bits per heavy atom. The second-order valence-electron chi connectivity index (χ2n) is 7.07. The Morgan fingerprint density at radius 1 is 0.966 bits per heavy atom. The molecule has 152 valence electrons. The van der Waals surface area contributed by atoms with Crippen LogP contribution < -0.4 is 10.6 Å². The van der Waals surface area contributed by atoms with Crippen molar-refractivity contribution in [3.8, 4) is 0 Å². The molecule has 0 aliphatic heterocycles. The number of fused-ring (bicyclic) bond motifs is 1. The first-order chi connectivity index (χ1) is 13.8. The molecule has 0 heterocycles. The van der Waals surface area contributed by atoms with E-state index in [9.17, 15) is 13.2 Å². The maximum atomic E-state index is 12.5. The molecule has 0 atom stereocenters. The third-order valence-corrected chi connectivity index (χ3v) is 6.82. The van der Waals surface area contributed by atoms with E-state index in [4.69, 9.17) is 0 Å². The van der Waals surface area contributed by atoms with Crippen molar-refractivity contribution in [1.82, 2.24) is 4.31 Å². The van der Waals surface area contributed by atoms with Crippen molar-refractivity contribution in [3.05, 3.63) is 66.7 Å². The van der Waals surface area contributed by atoms with Gasteiger partial charge in [-0.3, -0.25) is 4.79 Å². The summed E-state index contributed by atoms with van der Waals surface area (Å²) < 4.78 is 26.3. The second-order valence-corrected chi connectivity index (χ2v) is 9.07. The molecule has 2 N–H and O–H groups in total. The molecule has 0 aliphatic carbocycles. The summed E-state index contributed by atoms with van der Waals surface area (Å²) in [5, 5.41) is 7.97. The molecule has 3 aromatic carbocycles. The molecular formula is C22H25N3O3S. The van der Waals surface area contributed by atoms with E-state index in [2.05, 4.69) is 10.6 Å². The summed E-state index contributed by atoms with van der Waals surface area (Å²) in [5.74, 6) is -0.183. The van der Waals surface area contributed by atoms with Gasteiger partial charge in [0.05, 0.1) is 11.4 Å². The first kappa shape index (κ1) is 20.8. The van der Waals surface area contributed by atoms with Gasteiger partial charge in [0.25, 0.3) is 0 Å². The van der Waals surface area contributed by atoms with Crippen LogP contribution in [-0.4, -0.2) is 38.3 Å². The van der Waals surface area contributed by atoms with E-state index in [1.807, 2.05) is 56.3 Å². The van der Waals surface area contributed by atoms with Crippen LogP contribution in [0.4, 0.5) is 11.4 Å². The van der Waals surface area contributed by atoms with Crippen LogP contribution in [0, 0.1) is 0 Å². The lowest BCUT2D eigenvalue weighted by atomic mass is 10.1. The quantitative estimate of drug-likeness (QED) is 0.618. The van der Waals surface area contributed by atoms with Crippen molar-refractivity contribution in [2.75, 3.05) is 24.2 Å². The Balaban J connectivity index is 1.63. The molecule has 3 aromatic rings. The maximum Gasteiger partial charge on any atom is 0.243 e. The molecule has 29 heavy (non-hydrogen) atoms. The molecule has 7 heteroatoms. The number of anilines is 2. The molecule has 0 radical (unpaired) electrons. The van der Waals surface area contributed by atoms with Gasteiger partial charge in [-0.05, 0) is 49.6 Å². The number of rotatable bonds is 7. The molecule has 0 aliphatic rings. The van der Waals surface area contributed by atoms with Gasteiger partial charge in [-0.1, -0.05) is 36.4 Å². The summed E-state index contributed by atoms with van der Waals surface area (Å²) in [6.45, 7) is 3.71. The largest absolute Gasteiger partial charge is 0.376 e. The zero-order chi connectivity index (χ0) is 21.0. The predicted molar refractivity (Wildman–Crippen MR) is 118 cm³/mol. The minimum absolute atomic E-state index is 0.0706. The number of hydrogen-bond acceptors (Lipinski definition) is 4. The van der Waals surface area contributed by atoms with Crippen LogP contribution >= 0.6 is 0 Å². The second kappa shape index (κ2) is 8.63. The summed E-state index contributed by atoms with van der Waals surface area (Å²) >= 11 is 0. The Labute approximate surface area is 171 Å². The van der Waals surface area contributed by atoms with Gasteiger partial charge >= 0.3 is 0 Å². The molecule has 0 aromatic heterocycles. The number of amides is 1. The third kappa shape index (κ3) is 4.75. The molecule has 0 saturated heterocycles. The van der Waals surface area contributed by atoms with Crippen molar-refractivity contribution < 1.29 is 13.2 Å². The van der Waals surface area contributed by atoms with E-state index < -0.39 is 10.0 Å². The van der Waals surface area contributed by atoms with Gasteiger partial charge in [-0.25, -0.2) is 8.42 Å². The van der Waals surface area contributed by atoms with Crippen LogP contribution in [0.15, 0.2) is 71.6 Å². The minimum atomic E-state index is -3.52. The first-order valence-electron chi connectivity index (χ1n) is 9.38. The number of benzene rings is 3. The highest BCUT2D eigenvalue weighted by Crippen LogP contribution is 2.23. The smallest absolute Gasteiger partial charge is 0.243 e. The number of sulfonamides is 1.